The SMILES string of the molecule is Cc1noc(C)c1C(C)NC1CSCCC1(C)C. The summed E-state index contributed by atoms with van der Waals surface area (Å²) in [7, 11) is 0. The summed E-state index contributed by atoms with van der Waals surface area (Å²) in [6, 6.07) is 0.860. The Bertz CT molecular complexity index is 394. The van der Waals surface area contributed by atoms with Crippen LogP contribution >= 0.6 is 11.8 Å². The van der Waals surface area contributed by atoms with Crippen molar-refractivity contribution in [3.05, 3.63) is 17.0 Å². The highest BCUT2D eigenvalue weighted by Crippen LogP contribution is 2.35. The lowest BCUT2D eigenvalue weighted by molar-refractivity contribution is 0.231. The van der Waals surface area contributed by atoms with E-state index >= 15 is 0 Å². The predicted molar refractivity (Wildman–Crippen MR) is 77.0 cm³/mol. The number of aromatic nitrogens is 1. The number of hydrogen-bond acceptors (Lipinski definition) is 4. The van der Waals surface area contributed by atoms with Crippen LogP contribution in [0.4, 0.5) is 0 Å². The van der Waals surface area contributed by atoms with Gasteiger partial charge in [-0.05, 0) is 38.4 Å². The lowest BCUT2D eigenvalue weighted by Gasteiger charge is -2.40. The van der Waals surface area contributed by atoms with Gasteiger partial charge in [-0.3, -0.25) is 0 Å². The van der Waals surface area contributed by atoms with Gasteiger partial charge in [0.2, 0.25) is 0 Å². The summed E-state index contributed by atoms with van der Waals surface area (Å²) in [6.45, 7) is 11.0. The van der Waals surface area contributed by atoms with Crippen molar-refractivity contribution in [1.82, 2.24) is 10.5 Å². The molecule has 0 aromatic carbocycles. The van der Waals surface area contributed by atoms with E-state index in [-0.39, 0.29) is 0 Å². The van der Waals surface area contributed by atoms with Crippen molar-refractivity contribution in [1.29, 1.82) is 0 Å². The van der Waals surface area contributed by atoms with E-state index in [1.165, 1.54) is 23.5 Å². The third kappa shape index (κ3) is 2.75. The average Bonchev–Trinajstić information content (AvgIpc) is 2.61. The van der Waals surface area contributed by atoms with Gasteiger partial charge in [0.05, 0.1) is 5.69 Å². The van der Waals surface area contributed by atoms with Crippen LogP contribution < -0.4 is 5.32 Å². The molecule has 1 aromatic heterocycles. The van der Waals surface area contributed by atoms with E-state index in [0.717, 1.165) is 11.5 Å². The molecule has 0 aliphatic carbocycles. The van der Waals surface area contributed by atoms with E-state index in [9.17, 15) is 0 Å². The fourth-order valence-corrected chi connectivity index (χ4v) is 4.32. The van der Waals surface area contributed by atoms with E-state index in [2.05, 4.69) is 43.0 Å². The Balaban J connectivity index is 2.09. The van der Waals surface area contributed by atoms with Crippen LogP contribution in [0.1, 0.15) is 50.3 Å². The van der Waals surface area contributed by atoms with Crippen molar-refractivity contribution in [2.75, 3.05) is 11.5 Å². The maximum Gasteiger partial charge on any atom is 0.138 e. The Labute approximate surface area is 114 Å². The Kier molecular flexibility index (Phi) is 4.07. The van der Waals surface area contributed by atoms with E-state index in [1.54, 1.807) is 0 Å². The normalized spacial score (nSPS) is 25.1. The van der Waals surface area contributed by atoms with E-state index in [4.69, 9.17) is 4.52 Å². The van der Waals surface area contributed by atoms with Crippen LogP contribution in [-0.4, -0.2) is 22.7 Å². The van der Waals surface area contributed by atoms with Crippen LogP contribution in [0, 0.1) is 19.3 Å². The van der Waals surface area contributed by atoms with Gasteiger partial charge in [-0.2, -0.15) is 11.8 Å². The van der Waals surface area contributed by atoms with Crippen LogP contribution in [0.15, 0.2) is 4.52 Å². The first-order valence-corrected chi connectivity index (χ1v) is 7.84. The highest BCUT2D eigenvalue weighted by Gasteiger charge is 2.34. The van der Waals surface area contributed by atoms with Crippen LogP contribution in [0.25, 0.3) is 0 Å². The van der Waals surface area contributed by atoms with Gasteiger partial charge >= 0.3 is 0 Å². The second-order valence-corrected chi connectivity index (χ2v) is 7.14. The van der Waals surface area contributed by atoms with Crippen molar-refractivity contribution in [3.8, 4) is 0 Å². The maximum atomic E-state index is 5.26. The third-order valence-electron chi connectivity index (χ3n) is 4.09. The molecular formula is C14H24N2OS. The van der Waals surface area contributed by atoms with Gasteiger partial charge in [-0.15, -0.1) is 0 Å². The molecule has 1 aliphatic heterocycles. The number of rotatable bonds is 3. The molecule has 0 radical (unpaired) electrons. The fraction of sp³-hybridized carbons (Fsp3) is 0.786. The van der Waals surface area contributed by atoms with Crippen LogP contribution in [-0.2, 0) is 0 Å². The van der Waals surface area contributed by atoms with Crippen LogP contribution in [0.2, 0.25) is 0 Å². The van der Waals surface area contributed by atoms with Crippen molar-refractivity contribution in [3.63, 3.8) is 0 Å². The zero-order chi connectivity index (χ0) is 13.3. The molecule has 18 heavy (non-hydrogen) atoms. The van der Waals surface area contributed by atoms with Crippen molar-refractivity contribution < 1.29 is 4.52 Å². The molecule has 0 saturated carbocycles. The van der Waals surface area contributed by atoms with E-state index in [1.807, 2.05) is 13.8 Å². The third-order valence-corrected chi connectivity index (χ3v) is 5.15. The van der Waals surface area contributed by atoms with Gasteiger partial charge in [0.25, 0.3) is 0 Å². The Morgan fingerprint density at radius 2 is 2.17 bits per heavy atom. The molecule has 0 spiro atoms. The summed E-state index contributed by atoms with van der Waals surface area (Å²) in [5.74, 6) is 3.42. The van der Waals surface area contributed by atoms with Gasteiger partial charge in [0, 0.05) is 23.4 Å². The molecule has 2 atom stereocenters. The van der Waals surface area contributed by atoms with Crippen molar-refractivity contribution >= 4 is 11.8 Å². The summed E-state index contributed by atoms with van der Waals surface area (Å²) >= 11 is 2.05. The minimum Gasteiger partial charge on any atom is -0.361 e. The fourth-order valence-electron chi connectivity index (χ4n) is 2.70. The lowest BCUT2D eigenvalue weighted by Crippen LogP contribution is -2.47. The topological polar surface area (TPSA) is 38.1 Å². The van der Waals surface area contributed by atoms with Crippen LogP contribution in [0.3, 0.4) is 0 Å². The van der Waals surface area contributed by atoms with Gasteiger partial charge < -0.3 is 9.84 Å². The van der Waals surface area contributed by atoms with E-state index in [0.29, 0.717) is 17.5 Å². The second-order valence-electron chi connectivity index (χ2n) is 5.99. The van der Waals surface area contributed by atoms with Crippen LogP contribution in [0.5, 0.6) is 0 Å². The lowest BCUT2D eigenvalue weighted by atomic mass is 9.81. The molecule has 1 saturated heterocycles. The smallest absolute Gasteiger partial charge is 0.138 e. The molecule has 0 bridgehead atoms. The zero-order valence-electron chi connectivity index (χ0n) is 12.0. The number of nitrogens with one attached hydrogen (secondary N) is 1. The first-order valence-electron chi connectivity index (χ1n) is 6.68. The first kappa shape index (κ1) is 13.9. The molecule has 4 heteroatoms. The molecule has 0 amide bonds. The minimum atomic E-state index is 0.305. The second kappa shape index (κ2) is 5.25. The number of nitrogens with zero attached hydrogens (tertiary/aromatic N) is 1. The summed E-state index contributed by atoms with van der Waals surface area (Å²) in [6.07, 6.45) is 1.28. The summed E-state index contributed by atoms with van der Waals surface area (Å²) < 4.78 is 5.26. The predicted octanol–water partition coefficient (Wildman–Crippen LogP) is 3.47. The zero-order valence-corrected chi connectivity index (χ0v) is 12.9. The maximum absolute atomic E-state index is 5.26. The molecule has 2 unspecified atom stereocenters. The highest BCUT2D eigenvalue weighted by molar-refractivity contribution is 7.99. The number of hydrogen-bond donors (Lipinski definition) is 1. The molecule has 102 valence electrons. The average molecular weight is 268 g/mol. The van der Waals surface area contributed by atoms with Gasteiger partial charge in [0.1, 0.15) is 5.76 Å². The Morgan fingerprint density at radius 3 is 2.72 bits per heavy atom. The largest absolute Gasteiger partial charge is 0.361 e. The molecule has 3 nitrogen and oxygen atoms in total. The summed E-state index contributed by atoms with van der Waals surface area (Å²) in [4.78, 5) is 0. The molecule has 1 aromatic rings. The molecule has 1 aliphatic rings. The monoisotopic (exact) mass is 268 g/mol. The molecular weight excluding hydrogens is 244 g/mol. The van der Waals surface area contributed by atoms with Gasteiger partial charge in [0.15, 0.2) is 0 Å². The minimum absolute atomic E-state index is 0.305. The van der Waals surface area contributed by atoms with Gasteiger partial charge in [-0.25, -0.2) is 0 Å². The first-order chi connectivity index (χ1) is 8.42. The Hall–Kier alpha value is -0.480. The van der Waals surface area contributed by atoms with E-state index < -0.39 is 0 Å². The standard InChI is InChI=1S/C14H24N2OS/c1-9(13-10(2)16-17-11(13)3)15-12-8-18-7-6-14(12,4)5/h9,12,15H,6-8H2,1-5H3. The summed E-state index contributed by atoms with van der Waals surface area (Å²) in [5, 5.41) is 7.82. The number of aryl methyl sites for hydroxylation is 2. The molecule has 1 N–H and O–H groups in total. The highest BCUT2D eigenvalue weighted by atomic mass is 32.2. The molecule has 1 fully saturated rings. The quantitative estimate of drug-likeness (QED) is 0.911. The van der Waals surface area contributed by atoms with Crippen molar-refractivity contribution in [2.45, 2.75) is 53.1 Å². The Morgan fingerprint density at radius 1 is 1.44 bits per heavy atom. The summed E-state index contributed by atoms with van der Waals surface area (Å²) in [5.41, 5.74) is 2.61. The van der Waals surface area contributed by atoms with Gasteiger partial charge in [-0.1, -0.05) is 19.0 Å². The molecule has 2 heterocycles. The number of thioether (sulfide) groups is 1. The van der Waals surface area contributed by atoms with Crippen molar-refractivity contribution in [2.24, 2.45) is 5.41 Å². The molecule has 2 rings (SSSR count).